The fraction of sp³-hybridized carbons (Fsp3) is 0.529. The van der Waals surface area contributed by atoms with Crippen LogP contribution >= 0.6 is 27.7 Å². The van der Waals surface area contributed by atoms with E-state index in [1.165, 1.54) is 17.3 Å². The summed E-state index contributed by atoms with van der Waals surface area (Å²) < 4.78 is 0.952. The number of nitrogens with zero attached hydrogens (tertiary/aromatic N) is 1. The molecule has 1 aliphatic rings. The van der Waals surface area contributed by atoms with Crippen LogP contribution in [0, 0.1) is 5.92 Å². The predicted octanol–water partition coefficient (Wildman–Crippen LogP) is 4.38. The largest absolute Gasteiger partial charge is 0.311 e. The van der Waals surface area contributed by atoms with Crippen LogP contribution < -0.4 is 4.90 Å². The Labute approximate surface area is 145 Å². The fourth-order valence-corrected chi connectivity index (χ4v) is 3.84. The van der Waals surface area contributed by atoms with Crippen molar-refractivity contribution in [1.82, 2.24) is 0 Å². The van der Waals surface area contributed by atoms with Crippen molar-refractivity contribution in [2.24, 2.45) is 5.92 Å². The van der Waals surface area contributed by atoms with Gasteiger partial charge in [-0.25, -0.2) is 0 Å². The highest BCUT2D eigenvalue weighted by atomic mass is 79.9. The Morgan fingerprint density at radius 1 is 1.41 bits per heavy atom. The van der Waals surface area contributed by atoms with Gasteiger partial charge in [0.2, 0.25) is 5.91 Å². The van der Waals surface area contributed by atoms with Crippen LogP contribution in [0.2, 0.25) is 0 Å². The maximum atomic E-state index is 12.3. The average Bonchev–Trinajstić information content (AvgIpc) is 2.76. The third kappa shape index (κ3) is 4.13. The molecule has 5 heteroatoms. The van der Waals surface area contributed by atoms with Crippen LogP contribution in [-0.2, 0) is 15.0 Å². The first kappa shape index (κ1) is 17.5. The molecule has 1 saturated heterocycles. The maximum Gasteiger partial charge on any atom is 0.227 e. The van der Waals surface area contributed by atoms with Crippen molar-refractivity contribution in [3.8, 4) is 0 Å². The topological polar surface area (TPSA) is 37.4 Å². The van der Waals surface area contributed by atoms with Gasteiger partial charge in [-0.3, -0.25) is 9.59 Å². The van der Waals surface area contributed by atoms with Crippen molar-refractivity contribution in [3.63, 3.8) is 0 Å². The van der Waals surface area contributed by atoms with Gasteiger partial charge < -0.3 is 4.90 Å². The molecular formula is C17H22BrNO2S. The zero-order valence-electron chi connectivity index (χ0n) is 13.5. The minimum atomic E-state index is 0.0801. The number of carbonyl (C=O) groups excluding carboxylic acids is 2. The number of thioether (sulfide) groups is 1. The molecule has 1 amide bonds. The lowest BCUT2D eigenvalue weighted by Crippen LogP contribution is -2.25. The Balaban J connectivity index is 2.15. The molecule has 1 fully saturated rings. The summed E-state index contributed by atoms with van der Waals surface area (Å²) in [5.41, 5.74) is 2.24. The molecular weight excluding hydrogens is 362 g/mol. The maximum absolute atomic E-state index is 12.3. The van der Waals surface area contributed by atoms with E-state index in [4.69, 9.17) is 0 Å². The van der Waals surface area contributed by atoms with Crippen LogP contribution in [-0.4, -0.2) is 23.3 Å². The first-order valence-electron chi connectivity index (χ1n) is 7.42. The van der Waals surface area contributed by atoms with Crippen LogP contribution in [0.25, 0.3) is 0 Å². The molecule has 1 aliphatic heterocycles. The molecule has 0 aliphatic carbocycles. The minimum Gasteiger partial charge on any atom is -0.311 e. The predicted molar refractivity (Wildman–Crippen MR) is 96.4 cm³/mol. The van der Waals surface area contributed by atoms with Gasteiger partial charge in [0.15, 0.2) is 5.12 Å². The molecule has 0 saturated carbocycles. The summed E-state index contributed by atoms with van der Waals surface area (Å²) >= 11 is 4.91. The van der Waals surface area contributed by atoms with Crippen LogP contribution in [0.1, 0.15) is 39.7 Å². The summed E-state index contributed by atoms with van der Waals surface area (Å²) in [6.45, 7) is 8.77. The van der Waals surface area contributed by atoms with Crippen LogP contribution in [0.3, 0.4) is 0 Å². The molecule has 0 bridgehead atoms. The number of hydrogen-bond donors (Lipinski definition) is 0. The standard InChI is InChI=1S/C17H22BrNO2S/c1-11(20)22-10-12-7-16(21)19(9-12)15-6-5-13(8-14(15)18)17(2,3)4/h5-6,8,12H,7,9-10H2,1-4H3. The lowest BCUT2D eigenvalue weighted by molar-refractivity contribution is -0.117. The third-order valence-electron chi connectivity index (χ3n) is 3.83. The minimum absolute atomic E-state index is 0.0801. The van der Waals surface area contributed by atoms with Crippen molar-refractivity contribution in [2.45, 2.75) is 39.5 Å². The number of carbonyl (C=O) groups is 2. The Morgan fingerprint density at radius 2 is 2.09 bits per heavy atom. The Morgan fingerprint density at radius 3 is 2.64 bits per heavy atom. The SMILES string of the molecule is CC(=O)SCC1CC(=O)N(c2ccc(C(C)(C)C)cc2Br)C1. The van der Waals surface area contributed by atoms with Crippen molar-refractivity contribution < 1.29 is 9.59 Å². The van der Waals surface area contributed by atoms with Crippen molar-refractivity contribution >= 4 is 44.4 Å². The number of amides is 1. The monoisotopic (exact) mass is 383 g/mol. The molecule has 3 nitrogen and oxygen atoms in total. The van der Waals surface area contributed by atoms with E-state index in [0.717, 1.165) is 15.9 Å². The van der Waals surface area contributed by atoms with E-state index in [1.807, 2.05) is 11.0 Å². The molecule has 0 radical (unpaired) electrons. The number of halogens is 1. The molecule has 1 aromatic rings. The highest BCUT2D eigenvalue weighted by Gasteiger charge is 2.32. The first-order chi connectivity index (χ1) is 10.2. The Kier molecular flexibility index (Phi) is 5.38. The summed E-state index contributed by atoms with van der Waals surface area (Å²) in [5.74, 6) is 1.10. The van der Waals surface area contributed by atoms with Crippen LogP contribution in [0.5, 0.6) is 0 Å². The first-order valence-corrected chi connectivity index (χ1v) is 9.20. The summed E-state index contributed by atoms with van der Waals surface area (Å²) in [6.07, 6.45) is 0.522. The smallest absolute Gasteiger partial charge is 0.227 e. The lowest BCUT2D eigenvalue weighted by atomic mass is 9.87. The molecule has 1 heterocycles. The number of benzene rings is 1. The van der Waals surface area contributed by atoms with Crippen LogP contribution in [0.4, 0.5) is 5.69 Å². The Hall–Kier alpha value is -0.810. The highest BCUT2D eigenvalue weighted by Crippen LogP contribution is 2.35. The van der Waals surface area contributed by atoms with E-state index >= 15 is 0 Å². The van der Waals surface area contributed by atoms with Gasteiger partial charge in [0.1, 0.15) is 0 Å². The van der Waals surface area contributed by atoms with Crippen LogP contribution in [0.15, 0.2) is 22.7 Å². The van der Waals surface area contributed by atoms with E-state index in [0.29, 0.717) is 13.0 Å². The molecule has 120 valence electrons. The Bertz CT molecular complexity index is 595. The van der Waals surface area contributed by atoms with Gasteiger partial charge in [0.25, 0.3) is 0 Å². The average molecular weight is 384 g/mol. The number of hydrogen-bond acceptors (Lipinski definition) is 3. The molecule has 1 unspecified atom stereocenters. The molecule has 1 aromatic carbocycles. The van der Waals surface area contributed by atoms with Crippen molar-refractivity contribution in [2.75, 3.05) is 17.2 Å². The summed E-state index contributed by atoms with van der Waals surface area (Å²) in [5, 5.41) is 0.113. The van der Waals surface area contributed by atoms with E-state index in [9.17, 15) is 9.59 Å². The summed E-state index contributed by atoms with van der Waals surface area (Å²) in [7, 11) is 0. The number of rotatable bonds is 3. The zero-order chi connectivity index (χ0) is 16.5. The van der Waals surface area contributed by atoms with E-state index in [1.54, 1.807) is 6.92 Å². The molecule has 1 atom stereocenters. The quantitative estimate of drug-likeness (QED) is 0.776. The van der Waals surface area contributed by atoms with Crippen molar-refractivity contribution in [3.05, 3.63) is 28.2 Å². The van der Waals surface area contributed by atoms with E-state index in [2.05, 4.69) is 48.8 Å². The second kappa shape index (κ2) is 6.75. The summed E-state index contributed by atoms with van der Waals surface area (Å²) in [4.78, 5) is 25.2. The van der Waals surface area contributed by atoms with Gasteiger partial charge in [0, 0.05) is 30.1 Å². The molecule has 0 aromatic heterocycles. The lowest BCUT2D eigenvalue weighted by Gasteiger charge is -2.23. The summed E-state index contributed by atoms with van der Waals surface area (Å²) in [6, 6.07) is 6.20. The zero-order valence-corrected chi connectivity index (χ0v) is 15.9. The molecule has 0 spiro atoms. The normalized spacial score (nSPS) is 18.9. The van der Waals surface area contributed by atoms with Gasteiger partial charge in [0.05, 0.1) is 5.69 Å². The molecule has 2 rings (SSSR count). The second-order valence-corrected chi connectivity index (χ2v) is 8.84. The van der Waals surface area contributed by atoms with E-state index in [-0.39, 0.29) is 22.4 Å². The fourth-order valence-electron chi connectivity index (χ4n) is 2.55. The van der Waals surface area contributed by atoms with Gasteiger partial charge in [-0.05, 0) is 45.0 Å². The second-order valence-electron chi connectivity index (χ2n) is 6.79. The van der Waals surface area contributed by atoms with Gasteiger partial charge in [-0.15, -0.1) is 0 Å². The molecule has 0 N–H and O–H groups in total. The number of anilines is 1. The highest BCUT2D eigenvalue weighted by molar-refractivity contribution is 9.10. The van der Waals surface area contributed by atoms with E-state index < -0.39 is 0 Å². The van der Waals surface area contributed by atoms with Gasteiger partial charge >= 0.3 is 0 Å². The van der Waals surface area contributed by atoms with Gasteiger partial charge in [-0.2, -0.15) is 0 Å². The van der Waals surface area contributed by atoms with Gasteiger partial charge in [-0.1, -0.05) is 38.6 Å². The third-order valence-corrected chi connectivity index (χ3v) is 5.51. The van der Waals surface area contributed by atoms with Crippen molar-refractivity contribution in [1.29, 1.82) is 0 Å². The molecule has 22 heavy (non-hydrogen) atoms.